The topological polar surface area (TPSA) is 194 Å². The molecule has 4 rings (SSSR count). The third kappa shape index (κ3) is 13.3. The van der Waals surface area contributed by atoms with Gasteiger partial charge in [-0.1, -0.05) is 18.2 Å². The summed E-state index contributed by atoms with van der Waals surface area (Å²) in [7, 11) is -1.27. The van der Waals surface area contributed by atoms with Gasteiger partial charge in [-0.3, -0.25) is 19.3 Å². The lowest BCUT2D eigenvalue weighted by atomic mass is 10.0. The third-order valence-corrected chi connectivity index (χ3v) is 9.98. The van der Waals surface area contributed by atoms with Crippen LogP contribution in [0, 0.1) is 0 Å². The van der Waals surface area contributed by atoms with E-state index in [2.05, 4.69) is 20.7 Å². The number of anilines is 1. The Morgan fingerprint density at radius 2 is 1.65 bits per heavy atom. The van der Waals surface area contributed by atoms with Crippen molar-refractivity contribution >= 4 is 39.7 Å². The molecule has 0 saturated heterocycles. The van der Waals surface area contributed by atoms with Crippen molar-refractivity contribution in [2.45, 2.75) is 75.8 Å². The zero-order valence-electron chi connectivity index (χ0n) is 32.1. The number of methoxy groups -OCH3 is 1. The molecule has 1 aliphatic heterocycles. The Labute approximate surface area is 322 Å². The Morgan fingerprint density at radius 3 is 2.33 bits per heavy atom. The number of nitrogens with one attached hydrogen (secondary N) is 4. The predicted molar refractivity (Wildman–Crippen MR) is 207 cm³/mol. The molecule has 1 atom stereocenters. The average molecular weight is 781 g/mol. The molecule has 1 aliphatic rings. The van der Waals surface area contributed by atoms with Gasteiger partial charge >= 0.3 is 12.1 Å². The van der Waals surface area contributed by atoms with Gasteiger partial charge in [-0.05, 0) is 114 Å². The van der Waals surface area contributed by atoms with Crippen molar-refractivity contribution in [2.24, 2.45) is 0 Å². The first kappa shape index (κ1) is 42.7. The smallest absolute Gasteiger partial charge is 0.416 e. The van der Waals surface area contributed by atoms with E-state index in [0.29, 0.717) is 62.4 Å². The second-order valence-corrected chi connectivity index (χ2v) is 15.7. The van der Waals surface area contributed by atoms with Crippen LogP contribution in [0.3, 0.4) is 0 Å². The van der Waals surface area contributed by atoms with E-state index in [1.165, 1.54) is 24.3 Å². The first-order valence-electron chi connectivity index (χ1n) is 18.3. The van der Waals surface area contributed by atoms with Crippen LogP contribution in [0.25, 0.3) is 0 Å². The molecule has 16 heteroatoms. The summed E-state index contributed by atoms with van der Waals surface area (Å²) in [6.07, 6.45) is 3.28. The van der Waals surface area contributed by atoms with Crippen molar-refractivity contribution in [2.75, 3.05) is 51.8 Å². The largest absolute Gasteiger partial charge is 0.494 e. The number of rotatable bonds is 18. The molecule has 3 aromatic rings. The van der Waals surface area contributed by atoms with Gasteiger partial charge in [0.15, 0.2) is 0 Å². The van der Waals surface area contributed by atoms with Gasteiger partial charge in [-0.2, -0.15) is 4.72 Å². The lowest BCUT2D eigenvalue weighted by Gasteiger charge is -2.31. The van der Waals surface area contributed by atoms with Crippen LogP contribution in [0.15, 0.2) is 65.6 Å². The van der Waals surface area contributed by atoms with Gasteiger partial charge in [-0.15, -0.1) is 0 Å². The number of aromatic nitrogens is 1. The van der Waals surface area contributed by atoms with E-state index in [9.17, 15) is 27.6 Å². The normalized spacial score (nSPS) is 13.3. The number of carbonyl (C=O) groups is 4. The molecule has 298 valence electrons. The lowest BCUT2D eigenvalue weighted by Crippen LogP contribution is -2.48. The van der Waals surface area contributed by atoms with Crippen molar-refractivity contribution in [3.8, 4) is 5.75 Å². The number of aryl methyl sites for hydroxylation is 3. The lowest BCUT2D eigenvalue weighted by molar-refractivity contribution is -0.142. The number of ether oxygens (including phenoxy) is 3. The fraction of sp³-hybridized carbons (Fsp3) is 0.462. The number of hydrogen-bond acceptors (Lipinski definition) is 11. The molecule has 0 fully saturated rings. The molecule has 15 nitrogen and oxygen atoms in total. The van der Waals surface area contributed by atoms with Crippen LogP contribution in [-0.4, -0.2) is 95.9 Å². The van der Waals surface area contributed by atoms with E-state index < -0.39 is 39.6 Å². The van der Waals surface area contributed by atoms with E-state index in [1.807, 2.05) is 45.0 Å². The highest BCUT2D eigenvalue weighted by Crippen LogP contribution is 2.27. The maximum atomic E-state index is 13.2. The second-order valence-electron chi connectivity index (χ2n) is 14.0. The molecule has 2 aromatic carbocycles. The highest BCUT2D eigenvalue weighted by molar-refractivity contribution is 7.89. The molecule has 0 unspecified atom stereocenters. The van der Waals surface area contributed by atoms with Gasteiger partial charge < -0.3 is 30.2 Å². The zero-order chi connectivity index (χ0) is 40.0. The van der Waals surface area contributed by atoms with E-state index in [0.717, 1.165) is 36.8 Å². The van der Waals surface area contributed by atoms with Crippen LogP contribution >= 0.6 is 0 Å². The Kier molecular flexibility index (Phi) is 15.5. The van der Waals surface area contributed by atoms with Crippen molar-refractivity contribution in [3.05, 3.63) is 83.0 Å². The number of hydrogen-bond donors (Lipinski definition) is 4. The maximum Gasteiger partial charge on any atom is 0.416 e. The van der Waals surface area contributed by atoms with Gasteiger partial charge in [0, 0.05) is 43.9 Å². The number of pyridine rings is 1. The summed E-state index contributed by atoms with van der Waals surface area (Å²) in [5.41, 5.74) is 2.49. The third-order valence-electron chi connectivity index (χ3n) is 8.49. The molecule has 55 heavy (non-hydrogen) atoms. The van der Waals surface area contributed by atoms with Crippen molar-refractivity contribution in [1.82, 2.24) is 25.7 Å². The minimum Gasteiger partial charge on any atom is -0.494 e. The van der Waals surface area contributed by atoms with Crippen LogP contribution < -0.4 is 30.3 Å². The van der Waals surface area contributed by atoms with E-state index >= 15 is 0 Å². The molecule has 0 aliphatic carbocycles. The molecule has 0 bridgehead atoms. The predicted octanol–water partition coefficient (Wildman–Crippen LogP) is 3.30. The molecular formula is C39H52N6O9S. The maximum absolute atomic E-state index is 13.2. The number of carbonyl (C=O) groups excluding carboxylic acids is 4. The van der Waals surface area contributed by atoms with Gasteiger partial charge in [0.2, 0.25) is 15.9 Å². The van der Waals surface area contributed by atoms with Gasteiger partial charge in [-0.25, -0.2) is 18.2 Å². The van der Waals surface area contributed by atoms with Gasteiger partial charge in [0.1, 0.15) is 23.2 Å². The highest BCUT2D eigenvalue weighted by Gasteiger charge is 2.29. The summed E-state index contributed by atoms with van der Waals surface area (Å²) in [6.45, 7) is 7.16. The Balaban J connectivity index is 1.28. The number of benzene rings is 2. The quantitative estimate of drug-likeness (QED) is 0.109. The number of fused-ring (bicyclic) bond motifs is 1. The molecule has 0 radical (unpaired) electrons. The number of nitrogens with zero attached hydrogens (tertiary/aromatic N) is 2. The van der Waals surface area contributed by atoms with Crippen molar-refractivity contribution < 1.29 is 41.8 Å². The first-order valence-corrected chi connectivity index (χ1v) is 19.8. The number of amides is 3. The van der Waals surface area contributed by atoms with Crippen molar-refractivity contribution in [1.29, 1.82) is 0 Å². The molecular weight excluding hydrogens is 729 g/mol. The minimum absolute atomic E-state index is 0.0804. The number of esters is 1. The van der Waals surface area contributed by atoms with Crippen LogP contribution in [0.2, 0.25) is 0 Å². The first-order chi connectivity index (χ1) is 26.2. The van der Waals surface area contributed by atoms with Crippen LogP contribution in [0.4, 0.5) is 10.6 Å². The fourth-order valence-electron chi connectivity index (χ4n) is 5.63. The fourth-order valence-corrected chi connectivity index (χ4v) is 6.81. The van der Waals surface area contributed by atoms with Gasteiger partial charge in [0.25, 0.3) is 5.91 Å². The molecule has 1 aromatic heterocycles. The Morgan fingerprint density at radius 1 is 0.927 bits per heavy atom. The summed E-state index contributed by atoms with van der Waals surface area (Å²) in [4.78, 5) is 56.5. The minimum atomic E-state index is -4.19. The van der Waals surface area contributed by atoms with Crippen molar-refractivity contribution in [3.63, 3.8) is 0 Å². The second kappa shape index (κ2) is 20.0. The van der Waals surface area contributed by atoms with Crippen LogP contribution in [-0.2, 0) is 48.3 Å². The average Bonchev–Trinajstić information content (AvgIpc) is 3.16. The monoisotopic (exact) mass is 780 g/mol. The highest BCUT2D eigenvalue weighted by atomic mass is 32.2. The SMILES string of the molecule is CNCCNC(=O)CCCOc1ccc(S(=O)(=O)N[C@@H](CNC(=O)c2ccc(CCc3ccc4c(n3)N(C(=O)OC(C)(C)C)CCC4)cc2)C(=O)OC)cc1. The van der Waals surface area contributed by atoms with E-state index in [4.69, 9.17) is 19.2 Å². The molecule has 0 saturated carbocycles. The van der Waals surface area contributed by atoms with E-state index in [-0.39, 0.29) is 24.0 Å². The van der Waals surface area contributed by atoms with Gasteiger partial charge in [0.05, 0.1) is 18.6 Å². The summed E-state index contributed by atoms with van der Waals surface area (Å²) < 4.78 is 44.6. The molecule has 0 spiro atoms. The zero-order valence-corrected chi connectivity index (χ0v) is 32.9. The Bertz CT molecular complexity index is 1880. The summed E-state index contributed by atoms with van der Waals surface area (Å²) in [6, 6.07) is 15.1. The van der Waals surface area contributed by atoms with Crippen LogP contribution in [0.5, 0.6) is 5.75 Å². The molecule has 4 N–H and O–H groups in total. The van der Waals surface area contributed by atoms with E-state index in [1.54, 1.807) is 24.1 Å². The molecule has 3 amide bonds. The summed E-state index contributed by atoms with van der Waals surface area (Å²) in [5.74, 6) is -0.413. The van der Waals surface area contributed by atoms with Crippen LogP contribution in [0.1, 0.15) is 67.2 Å². The summed E-state index contributed by atoms with van der Waals surface area (Å²) >= 11 is 0. The number of likely N-dealkylation sites (N-methyl/N-ethyl adjacent to an activating group) is 1. The number of sulfonamides is 1. The standard InChI is InChI=1S/C39H52N6O9S/c1-39(2,3)54-38(49)45-24-6-8-28-15-17-30(43-35(28)45)16-12-27-10-13-29(14-11-27)36(47)42-26-33(37(48)52-5)44-55(50,51)32-20-18-31(19-21-32)53-25-7-9-34(46)41-23-22-40-4/h10-11,13-15,17-21,33,40,44H,6-9,12,16,22-26H2,1-5H3,(H,41,46)(H,42,47)/t33-/m0/s1. The molecule has 2 heterocycles. The Hall–Kier alpha value is -5.06. The summed E-state index contributed by atoms with van der Waals surface area (Å²) in [5, 5.41) is 8.34.